The van der Waals surface area contributed by atoms with Gasteiger partial charge in [-0.15, -0.1) is 22.7 Å². The highest BCUT2D eigenvalue weighted by Gasteiger charge is 2.09. The fourth-order valence-electron chi connectivity index (χ4n) is 0.929. The number of aromatic nitrogens is 1. The first-order valence-corrected chi connectivity index (χ1v) is 6.17. The quantitative estimate of drug-likeness (QED) is 0.924. The minimum absolute atomic E-state index is 0.328. The summed E-state index contributed by atoms with van der Waals surface area (Å²) < 4.78 is 1.04. The van der Waals surface area contributed by atoms with Gasteiger partial charge in [-0.25, -0.2) is 4.98 Å². The van der Waals surface area contributed by atoms with Crippen LogP contribution in [0.4, 0.5) is 0 Å². The average molecular weight is 289 g/mol. The van der Waals surface area contributed by atoms with Crippen LogP contribution in [0.2, 0.25) is 0 Å². The van der Waals surface area contributed by atoms with Crippen LogP contribution in [0.25, 0.3) is 9.88 Å². The molecule has 0 unspecified atom stereocenters. The van der Waals surface area contributed by atoms with E-state index in [9.17, 15) is 4.79 Å². The van der Waals surface area contributed by atoms with Gasteiger partial charge in [0.1, 0.15) is 10.7 Å². The summed E-state index contributed by atoms with van der Waals surface area (Å²) in [5.41, 5.74) is 5.44. The van der Waals surface area contributed by atoms with Crippen molar-refractivity contribution < 1.29 is 4.79 Å². The highest BCUT2D eigenvalue weighted by Crippen LogP contribution is 2.32. The van der Waals surface area contributed by atoms with Gasteiger partial charge in [0.2, 0.25) is 0 Å². The Kier molecular flexibility index (Phi) is 2.66. The molecule has 0 radical (unpaired) electrons. The summed E-state index contributed by atoms with van der Waals surface area (Å²) in [6.07, 6.45) is 0. The lowest BCUT2D eigenvalue weighted by Gasteiger charge is -1.86. The van der Waals surface area contributed by atoms with Crippen molar-refractivity contribution in [2.24, 2.45) is 5.73 Å². The van der Waals surface area contributed by atoms with E-state index in [2.05, 4.69) is 20.9 Å². The number of nitrogens with two attached hydrogens (primary N) is 1. The van der Waals surface area contributed by atoms with E-state index in [1.54, 1.807) is 16.7 Å². The molecule has 6 heteroatoms. The van der Waals surface area contributed by atoms with Crippen molar-refractivity contribution in [1.29, 1.82) is 0 Å². The van der Waals surface area contributed by atoms with E-state index >= 15 is 0 Å². The van der Waals surface area contributed by atoms with E-state index in [1.807, 2.05) is 12.1 Å². The number of halogens is 1. The topological polar surface area (TPSA) is 56.0 Å². The lowest BCUT2D eigenvalue weighted by molar-refractivity contribution is 0.0996. The molecule has 0 fully saturated rings. The molecule has 14 heavy (non-hydrogen) atoms. The number of hydrogen-bond acceptors (Lipinski definition) is 4. The molecule has 3 nitrogen and oxygen atoms in total. The SMILES string of the molecule is NC(=O)c1csc(-c2ccc(Br)s2)n1. The summed E-state index contributed by atoms with van der Waals surface area (Å²) in [5, 5.41) is 2.50. The van der Waals surface area contributed by atoms with Gasteiger partial charge in [-0.05, 0) is 28.1 Å². The Bertz CT molecular complexity index is 477. The molecule has 0 atom stereocenters. The van der Waals surface area contributed by atoms with Crippen LogP contribution in [0.3, 0.4) is 0 Å². The van der Waals surface area contributed by atoms with Crippen molar-refractivity contribution in [2.75, 3.05) is 0 Å². The Hall–Kier alpha value is -0.720. The normalized spacial score (nSPS) is 10.4. The molecule has 2 N–H and O–H groups in total. The lowest BCUT2D eigenvalue weighted by atomic mass is 10.4. The molecule has 72 valence electrons. The Morgan fingerprint density at radius 3 is 2.79 bits per heavy atom. The molecule has 0 aromatic carbocycles. The zero-order valence-corrected chi connectivity index (χ0v) is 10.1. The summed E-state index contributed by atoms with van der Waals surface area (Å²) in [4.78, 5) is 16.0. The summed E-state index contributed by atoms with van der Waals surface area (Å²) in [7, 11) is 0. The zero-order valence-electron chi connectivity index (χ0n) is 6.86. The molecule has 0 aliphatic rings. The molecule has 2 aromatic heterocycles. The summed E-state index contributed by atoms with van der Waals surface area (Å²) in [6, 6.07) is 3.91. The van der Waals surface area contributed by atoms with Crippen molar-refractivity contribution in [3.63, 3.8) is 0 Å². The van der Waals surface area contributed by atoms with Crippen LogP contribution >= 0.6 is 38.6 Å². The van der Waals surface area contributed by atoms with E-state index in [0.717, 1.165) is 13.7 Å². The van der Waals surface area contributed by atoms with Crippen LogP contribution < -0.4 is 5.73 Å². The molecule has 0 bridgehead atoms. The monoisotopic (exact) mass is 288 g/mol. The molecular formula is C8H5BrN2OS2. The van der Waals surface area contributed by atoms with Crippen LogP contribution in [0.5, 0.6) is 0 Å². The number of primary amides is 1. The number of thiazole rings is 1. The van der Waals surface area contributed by atoms with E-state index < -0.39 is 5.91 Å². The number of carbonyl (C=O) groups is 1. The first-order chi connectivity index (χ1) is 6.66. The van der Waals surface area contributed by atoms with Gasteiger partial charge < -0.3 is 5.73 Å². The highest BCUT2D eigenvalue weighted by atomic mass is 79.9. The maximum absolute atomic E-state index is 10.8. The van der Waals surface area contributed by atoms with Gasteiger partial charge in [0.15, 0.2) is 0 Å². The molecule has 2 heterocycles. The first kappa shape index (κ1) is 9.82. The van der Waals surface area contributed by atoms with Crippen molar-refractivity contribution in [2.45, 2.75) is 0 Å². The van der Waals surface area contributed by atoms with Crippen LogP contribution in [-0.2, 0) is 0 Å². The van der Waals surface area contributed by atoms with Crippen LogP contribution in [0, 0.1) is 0 Å². The predicted octanol–water partition coefficient (Wildman–Crippen LogP) is 2.73. The van der Waals surface area contributed by atoms with Gasteiger partial charge in [-0.3, -0.25) is 4.79 Å². The maximum Gasteiger partial charge on any atom is 0.268 e. The van der Waals surface area contributed by atoms with E-state index in [1.165, 1.54) is 11.3 Å². The largest absolute Gasteiger partial charge is 0.364 e. The van der Waals surface area contributed by atoms with Crippen molar-refractivity contribution >= 4 is 44.5 Å². The average Bonchev–Trinajstić information content (AvgIpc) is 2.70. The minimum atomic E-state index is -0.483. The third-order valence-corrected chi connectivity index (χ3v) is 4.18. The van der Waals surface area contributed by atoms with Crippen LogP contribution in [0.15, 0.2) is 21.3 Å². The second kappa shape index (κ2) is 3.80. The number of rotatable bonds is 2. The molecule has 0 saturated carbocycles. The fraction of sp³-hybridized carbons (Fsp3) is 0. The van der Waals surface area contributed by atoms with Gasteiger partial charge in [-0.2, -0.15) is 0 Å². The van der Waals surface area contributed by atoms with Gasteiger partial charge in [-0.1, -0.05) is 0 Å². The molecule has 2 aromatic rings. The Morgan fingerprint density at radius 2 is 2.29 bits per heavy atom. The standard InChI is InChI=1S/C8H5BrN2OS2/c9-6-2-1-5(14-6)8-11-4(3-13-8)7(10)12/h1-3H,(H2,10,12). The molecule has 0 aliphatic heterocycles. The molecular weight excluding hydrogens is 284 g/mol. The molecule has 0 aliphatic carbocycles. The van der Waals surface area contributed by atoms with Crippen molar-refractivity contribution in [3.05, 3.63) is 27.0 Å². The number of thiophene rings is 1. The van der Waals surface area contributed by atoms with Gasteiger partial charge >= 0.3 is 0 Å². The fourth-order valence-corrected chi connectivity index (χ4v) is 3.20. The molecule has 0 spiro atoms. The second-order valence-corrected chi connectivity index (χ2v) is 5.83. The van der Waals surface area contributed by atoms with E-state index in [4.69, 9.17) is 5.73 Å². The highest BCUT2D eigenvalue weighted by molar-refractivity contribution is 9.11. The molecule has 2 rings (SSSR count). The summed E-state index contributed by atoms with van der Waals surface area (Å²) in [6.45, 7) is 0. The number of hydrogen-bond donors (Lipinski definition) is 1. The predicted molar refractivity (Wildman–Crippen MR) is 61.6 cm³/mol. The van der Waals surface area contributed by atoms with Crippen LogP contribution in [-0.4, -0.2) is 10.9 Å². The number of amides is 1. The first-order valence-electron chi connectivity index (χ1n) is 3.68. The Morgan fingerprint density at radius 1 is 1.50 bits per heavy atom. The molecule has 0 saturated heterocycles. The minimum Gasteiger partial charge on any atom is -0.364 e. The number of carbonyl (C=O) groups excluding carboxylic acids is 1. The Balaban J connectivity index is 2.38. The van der Waals surface area contributed by atoms with Gasteiger partial charge in [0.25, 0.3) is 5.91 Å². The molecule has 1 amide bonds. The third-order valence-electron chi connectivity index (χ3n) is 1.54. The maximum atomic E-state index is 10.8. The van der Waals surface area contributed by atoms with E-state index in [-0.39, 0.29) is 0 Å². The number of nitrogens with zero attached hydrogens (tertiary/aromatic N) is 1. The zero-order chi connectivity index (χ0) is 10.1. The van der Waals surface area contributed by atoms with Crippen molar-refractivity contribution in [3.8, 4) is 9.88 Å². The summed E-state index contributed by atoms with van der Waals surface area (Å²) >= 11 is 6.37. The summed E-state index contributed by atoms with van der Waals surface area (Å²) in [5.74, 6) is -0.483. The lowest BCUT2D eigenvalue weighted by Crippen LogP contribution is -2.10. The Labute approximate surface area is 96.7 Å². The van der Waals surface area contributed by atoms with Gasteiger partial charge in [0.05, 0.1) is 8.66 Å². The van der Waals surface area contributed by atoms with Gasteiger partial charge in [0, 0.05) is 5.38 Å². The third kappa shape index (κ3) is 1.87. The smallest absolute Gasteiger partial charge is 0.268 e. The van der Waals surface area contributed by atoms with E-state index in [0.29, 0.717) is 5.69 Å². The van der Waals surface area contributed by atoms with Crippen LogP contribution in [0.1, 0.15) is 10.5 Å². The second-order valence-electron chi connectivity index (χ2n) is 2.51. The van der Waals surface area contributed by atoms with Crippen molar-refractivity contribution in [1.82, 2.24) is 4.98 Å².